The predicted molar refractivity (Wildman–Crippen MR) is 82.7 cm³/mol. The minimum Gasteiger partial charge on any atom is -0.465 e. The molecule has 0 aromatic carbocycles. The summed E-state index contributed by atoms with van der Waals surface area (Å²) in [6.07, 6.45) is 6.65. The van der Waals surface area contributed by atoms with Crippen molar-refractivity contribution in [1.82, 2.24) is 19.8 Å². The summed E-state index contributed by atoms with van der Waals surface area (Å²) >= 11 is 3.37. The molecule has 20 heavy (non-hydrogen) atoms. The maximum Gasteiger partial charge on any atom is 0.234 e. The lowest BCUT2D eigenvalue weighted by Crippen LogP contribution is -1.94. The third-order valence-electron chi connectivity index (χ3n) is 2.58. The molecule has 0 aliphatic carbocycles. The van der Waals surface area contributed by atoms with E-state index in [4.69, 9.17) is 4.42 Å². The van der Waals surface area contributed by atoms with Crippen LogP contribution in [0.3, 0.4) is 0 Å². The molecule has 0 aliphatic rings. The summed E-state index contributed by atoms with van der Waals surface area (Å²) in [6.45, 7) is 2.17. The minimum atomic E-state index is 0.815. The number of rotatable bonds is 6. The van der Waals surface area contributed by atoms with Crippen molar-refractivity contribution in [3.05, 3.63) is 35.0 Å². The molecular weight excluding hydrogens is 292 g/mol. The van der Waals surface area contributed by atoms with Crippen LogP contribution in [-0.2, 0) is 5.75 Å². The number of fused-ring (bicyclic) bond motifs is 1. The first-order valence-corrected chi connectivity index (χ1v) is 8.34. The van der Waals surface area contributed by atoms with Crippen LogP contribution in [0.15, 0.2) is 22.8 Å². The average molecular weight is 306 g/mol. The standard InChI is InChI=1S/C13H14N4OS2/c1-2-8-19-9-11-14-15-13-17(11)16-12(20-13)6-5-10-4-3-7-18-10/h3-7H,2,8-9H2,1H3/b6-5+. The summed E-state index contributed by atoms with van der Waals surface area (Å²) in [6, 6.07) is 3.77. The Bertz CT molecular complexity index is 699. The van der Waals surface area contributed by atoms with Gasteiger partial charge < -0.3 is 4.42 Å². The van der Waals surface area contributed by atoms with Gasteiger partial charge in [0.2, 0.25) is 4.96 Å². The summed E-state index contributed by atoms with van der Waals surface area (Å²) < 4.78 is 7.08. The lowest BCUT2D eigenvalue weighted by Gasteiger charge is -1.95. The van der Waals surface area contributed by atoms with E-state index in [0.717, 1.165) is 33.1 Å². The van der Waals surface area contributed by atoms with E-state index >= 15 is 0 Å². The van der Waals surface area contributed by atoms with Crippen molar-refractivity contribution in [2.45, 2.75) is 19.1 Å². The van der Waals surface area contributed by atoms with Crippen LogP contribution in [0.4, 0.5) is 0 Å². The Kier molecular flexibility index (Phi) is 4.17. The highest BCUT2D eigenvalue weighted by atomic mass is 32.2. The van der Waals surface area contributed by atoms with E-state index in [1.807, 2.05) is 40.6 Å². The number of nitrogens with zero attached hydrogens (tertiary/aromatic N) is 4. The van der Waals surface area contributed by atoms with Crippen LogP contribution < -0.4 is 0 Å². The topological polar surface area (TPSA) is 56.2 Å². The fraction of sp³-hybridized carbons (Fsp3) is 0.308. The first-order valence-electron chi connectivity index (χ1n) is 6.37. The van der Waals surface area contributed by atoms with Crippen molar-refractivity contribution in [2.24, 2.45) is 0 Å². The van der Waals surface area contributed by atoms with E-state index in [0.29, 0.717) is 0 Å². The molecule has 0 atom stereocenters. The molecule has 7 heteroatoms. The van der Waals surface area contributed by atoms with Crippen LogP contribution >= 0.6 is 23.1 Å². The van der Waals surface area contributed by atoms with Gasteiger partial charge in [-0.15, -0.1) is 10.2 Å². The number of furan rings is 1. The van der Waals surface area contributed by atoms with Crippen LogP contribution in [0, 0.1) is 0 Å². The molecule has 0 spiro atoms. The zero-order valence-corrected chi connectivity index (χ0v) is 12.7. The summed E-state index contributed by atoms with van der Waals surface area (Å²) in [4.78, 5) is 0.830. The van der Waals surface area contributed by atoms with Gasteiger partial charge in [0.25, 0.3) is 0 Å². The molecule has 3 aromatic heterocycles. The van der Waals surface area contributed by atoms with Crippen LogP contribution in [0.25, 0.3) is 17.1 Å². The van der Waals surface area contributed by atoms with Crippen LogP contribution in [0.2, 0.25) is 0 Å². The predicted octanol–water partition coefficient (Wildman–Crippen LogP) is 3.59. The molecule has 104 valence electrons. The quantitative estimate of drug-likeness (QED) is 0.651. The maximum atomic E-state index is 5.25. The molecule has 0 saturated carbocycles. The SMILES string of the molecule is CCCSCc1nnc2sc(/C=C/c3ccco3)nn12. The number of hydrogen-bond acceptors (Lipinski definition) is 6. The molecule has 5 nitrogen and oxygen atoms in total. The molecule has 3 rings (SSSR count). The zero-order chi connectivity index (χ0) is 13.8. The Morgan fingerprint density at radius 1 is 1.40 bits per heavy atom. The van der Waals surface area contributed by atoms with Gasteiger partial charge in [0.1, 0.15) is 10.8 Å². The van der Waals surface area contributed by atoms with Crippen molar-refractivity contribution >= 4 is 40.2 Å². The van der Waals surface area contributed by atoms with E-state index in [2.05, 4.69) is 22.2 Å². The molecular formula is C13H14N4OS2. The van der Waals surface area contributed by atoms with E-state index in [1.165, 1.54) is 17.8 Å². The lowest BCUT2D eigenvalue weighted by molar-refractivity contribution is 0.557. The highest BCUT2D eigenvalue weighted by Crippen LogP contribution is 2.19. The van der Waals surface area contributed by atoms with E-state index in [1.54, 1.807) is 6.26 Å². The normalized spacial score (nSPS) is 11.8. The van der Waals surface area contributed by atoms with Gasteiger partial charge in [-0.2, -0.15) is 21.4 Å². The summed E-state index contributed by atoms with van der Waals surface area (Å²) in [5, 5.41) is 13.8. The second kappa shape index (κ2) is 6.23. The second-order valence-corrected chi connectivity index (χ2v) is 6.24. The molecule has 0 N–H and O–H groups in total. The smallest absolute Gasteiger partial charge is 0.234 e. The van der Waals surface area contributed by atoms with Crippen molar-refractivity contribution in [2.75, 3.05) is 5.75 Å². The first-order chi connectivity index (χ1) is 9.86. The number of thioether (sulfide) groups is 1. The Labute approximate surface area is 124 Å². The summed E-state index contributed by atoms with van der Waals surface area (Å²) in [7, 11) is 0. The van der Waals surface area contributed by atoms with E-state index < -0.39 is 0 Å². The zero-order valence-electron chi connectivity index (χ0n) is 11.0. The highest BCUT2D eigenvalue weighted by Gasteiger charge is 2.10. The molecule has 0 aliphatic heterocycles. The van der Waals surface area contributed by atoms with Gasteiger partial charge in [0.05, 0.1) is 12.0 Å². The van der Waals surface area contributed by atoms with Crippen LogP contribution in [0.5, 0.6) is 0 Å². The van der Waals surface area contributed by atoms with Gasteiger partial charge in [-0.25, -0.2) is 0 Å². The Balaban J connectivity index is 1.77. The van der Waals surface area contributed by atoms with Crippen molar-refractivity contribution in [3.8, 4) is 0 Å². The molecule has 0 saturated heterocycles. The van der Waals surface area contributed by atoms with Crippen LogP contribution in [-0.4, -0.2) is 25.6 Å². The molecule has 0 unspecified atom stereocenters. The van der Waals surface area contributed by atoms with Crippen LogP contribution in [0.1, 0.15) is 29.9 Å². The third kappa shape index (κ3) is 2.94. The fourth-order valence-corrected chi connectivity index (χ4v) is 3.23. The molecule has 0 radical (unpaired) electrons. The lowest BCUT2D eigenvalue weighted by atomic mass is 10.4. The van der Waals surface area contributed by atoms with Gasteiger partial charge in [-0.1, -0.05) is 18.3 Å². The average Bonchev–Trinajstić information content (AvgIpc) is 3.14. The molecule has 3 aromatic rings. The maximum absolute atomic E-state index is 5.25. The first kappa shape index (κ1) is 13.4. The van der Waals surface area contributed by atoms with E-state index in [9.17, 15) is 0 Å². The monoisotopic (exact) mass is 306 g/mol. The Hall–Kier alpha value is -1.60. The number of aromatic nitrogens is 4. The van der Waals surface area contributed by atoms with Crippen molar-refractivity contribution < 1.29 is 4.42 Å². The molecule has 0 fully saturated rings. The van der Waals surface area contributed by atoms with Gasteiger partial charge in [-0.3, -0.25) is 0 Å². The Morgan fingerprint density at radius 3 is 3.15 bits per heavy atom. The van der Waals surface area contributed by atoms with Crippen molar-refractivity contribution in [3.63, 3.8) is 0 Å². The minimum absolute atomic E-state index is 0.815. The third-order valence-corrected chi connectivity index (χ3v) is 4.61. The summed E-state index contributed by atoms with van der Waals surface area (Å²) in [5.41, 5.74) is 0. The molecule has 3 heterocycles. The fourth-order valence-electron chi connectivity index (χ4n) is 1.68. The molecule has 0 amide bonds. The van der Waals surface area contributed by atoms with E-state index in [-0.39, 0.29) is 0 Å². The van der Waals surface area contributed by atoms with Gasteiger partial charge >= 0.3 is 0 Å². The number of hydrogen-bond donors (Lipinski definition) is 0. The highest BCUT2D eigenvalue weighted by molar-refractivity contribution is 7.98. The van der Waals surface area contributed by atoms with Crippen molar-refractivity contribution in [1.29, 1.82) is 0 Å². The van der Waals surface area contributed by atoms with Gasteiger partial charge in [0.15, 0.2) is 5.82 Å². The second-order valence-electron chi connectivity index (χ2n) is 4.15. The molecule has 0 bridgehead atoms. The Morgan fingerprint density at radius 2 is 2.35 bits per heavy atom. The largest absolute Gasteiger partial charge is 0.465 e. The summed E-state index contributed by atoms with van der Waals surface area (Å²) in [5.74, 6) is 3.70. The van der Waals surface area contributed by atoms with Gasteiger partial charge in [0, 0.05) is 0 Å². The van der Waals surface area contributed by atoms with Gasteiger partial charge in [-0.05, 0) is 36.5 Å².